The van der Waals surface area contributed by atoms with Crippen LogP contribution in [-0.4, -0.2) is 26.3 Å². The van der Waals surface area contributed by atoms with Gasteiger partial charge in [-0.3, -0.25) is 15.2 Å². The molecule has 2 heterocycles. The number of amides is 1. The maximum absolute atomic E-state index is 12.6. The second-order valence-corrected chi connectivity index (χ2v) is 6.81. The van der Waals surface area contributed by atoms with Crippen LogP contribution in [0.1, 0.15) is 10.4 Å². The number of benzene rings is 2. The van der Waals surface area contributed by atoms with E-state index in [-0.39, 0.29) is 5.91 Å². The number of carbonyl (C=O) groups excluding carboxylic acids is 1. The minimum absolute atomic E-state index is 0.306. The summed E-state index contributed by atoms with van der Waals surface area (Å²) in [6.07, 6.45) is 1.48. The molecule has 2 aromatic carbocycles. The maximum Gasteiger partial charge on any atom is 0.261 e. The largest absolute Gasteiger partial charge is 0.296 e. The molecule has 4 aromatic rings. The number of carbonyl (C=O) groups is 1. The number of H-pyrrole nitrogens is 1. The molecule has 6 nitrogen and oxygen atoms in total. The van der Waals surface area contributed by atoms with Gasteiger partial charge in [-0.2, -0.15) is 5.10 Å². The lowest BCUT2D eigenvalue weighted by atomic mass is 10.1. The fourth-order valence-corrected chi connectivity index (χ4v) is 3.30. The maximum atomic E-state index is 12.6. The highest BCUT2D eigenvalue weighted by Crippen LogP contribution is 2.27. The Morgan fingerprint density at radius 2 is 1.77 bits per heavy atom. The lowest BCUT2D eigenvalue weighted by Crippen LogP contribution is -2.12. The van der Waals surface area contributed by atoms with Crippen molar-refractivity contribution in [2.24, 2.45) is 0 Å². The van der Waals surface area contributed by atoms with Crippen LogP contribution in [0, 0.1) is 0 Å². The van der Waals surface area contributed by atoms with E-state index in [4.69, 9.17) is 11.6 Å². The van der Waals surface area contributed by atoms with Gasteiger partial charge in [0, 0.05) is 16.1 Å². The molecule has 0 aliphatic carbocycles. The molecule has 0 radical (unpaired) electrons. The van der Waals surface area contributed by atoms with Gasteiger partial charge < -0.3 is 0 Å². The number of aromatic nitrogens is 4. The van der Waals surface area contributed by atoms with Crippen molar-refractivity contribution in [2.75, 3.05) is 5.32 Å². The van der Waals surface area contributed by atoms with E-state index in [9.17, 15) is 4.79 Å². The smallest absolute Gasteiger partial charge is 0.261 e. The van der Waals surface area contributed by atoms with Crippen molar-refractivity contribution in [3.8, 4) is 21.8 Å². The van der Waals surface area contributed by atoms with Gasteiger partial charge in [-0.05, 0) is 12.1 Å². The molecule has 4 rings (SSSR count). The summed E-state index contributed by atoms with van der Waals surface area (Å²) in [6, 6.07) is 16.9. The Balaban J connectivity index is 1.56. The summed E-state index contributed by atoms with van der Waals surface area (Å²) >= 11 is 7.23. The van der Waals surface area contributed by atoms with Gasteiger partial charge in [0.05, 0.1) is 17.5 Å². The Hall–Kier alpha value is -3.03. The summed E-state index contributed by atoms with van der Waals surface area (Å²) in [6.45, 7) is 0. The number of aromatic amines is 1. The number of rotatable bonds is 4. The molecule has 2 aromatic heterocycles. The zero-order chi connectivity index (χ0) is 17.9. The summed E-state index contributed by atoms with van der Waals surface area (Å²) in [7, 11) is 0. The monoisotopic (exact) mass is 381 g/mol. The lowest BCUT2D eigenvalue weighted by Gasteiger charge is -2.03. The summed E-state index contributed by atoms with van der Waals surface area (Å²) in [4.78, 5) is 12.6. The van der Waals surface area contributed by atoms with E-state index in [0.717, 1.165) is 16.1 Å². The average Bonchev–Trinajstić information content (AvgIpc) is 3.33. The molecule has 0 aliphatic heterocycles. The number of hydrogen-bond donors (Lipinski definition) is 2. The average molecular weight is 382 g/mol. The zero-order valence-electron chi connectivity index (χ0n) is 13.3. The second kappa shape index (κ2) is 7.07. The summed E-state index contributed by atoms with van der Waals surface area (Å²) in [5.74, 6) is -0.306. The second-order valence-electron chi connectivity index (χ2n) is 5.40. The normalized spacial score (nSPS) is 10.7. The first-order valence-corrected chi connectivity index (χ1v) is 8.90. The van der Waals surface area contributed by atoms with Crippen molar-refractivity contribution < 1.29 is 4.79 Å². The SMILES string of the molecule is O=C(Nc1nnc(-c2ccccc2)s1)c1cn[nH]c1-c1ccc(Cl)cc1. The molecule has 0 fully saturated rings. The van der Waals surface area contributed by atoms with Gasteiger partial charge in [-0.25, -0.2) is 0 Å². The van der Waals surface area contributed by atoms with Crippen molar-refractivity contribution >= 4 is 34.0 Å². The number of hydrogen-bond acceptors (Lipinski definition) is 5. The first-order valence-electron chi connectivity index (χ1n) is 7.70. The third-order valence-electron chi connectivity index (χ3n) is 3.68. The van der Waals surface area contributed by atoms with Crippen molar-refractivity contribution in [3.63, 3.8) is 0 Å². The van der Waals surface area contributed by atoms with Crippen molar-refractivity contribution in [3.05, 3.63) is 71.4 Å². The van der Waals surface area contributed by atoms with Crippen LogP contribution in [-0.2, 0) is 0 Å². The molecule has 8 heteroatoms. The van der Waals surface area contributed by atoms with Gasteiger partial charge in [-0.15, -0.1) is 10.2 Å². The summed E-state index contributed by atoms with van der Waals surface area (Å²) in [5, 5.41) is 19.6. The molecule has 0 saturated carbocycles. The van der Waals surface area contributed by atoms with Crippen LogP contribution in [0.15, 0.2) is 60.8 Å². The number of nitrogens with zero attached hydrogens (tertiary/aromatic N) is 3. The van der Waals surface area contributed by atoms with Crippen LogP contribution in [0.25, 0.3) is 21.8 Å². The quantitative estimate of drug-likeness (QED) is 0.545. The number of nitrogens with one attached hydrogen (secondary N) is 2. The number of anilines is 1. The summed E-state index contributed by atoms with van der Waals surface area (Å²) < 4.78 is 0. The minimum atomic E-state index is -0.306. The van der Waals surface area contributed by atoms with Crippen molar-refractivity contribution in [2.45, 2.75) is 0 Å². The van der Waals surface area contributed by atoms with Crippen molar-refractivity contribution in [1.29, 1.82) is 0 Å². The Morgan fingerprint density at radius 1 is 1.00 bits per heavy atom. The van der Waals surface area contributed by atoms with E-state index in [1.165, 1.54) is 17.5 Å². The van der Waals surface area contributed by atoms with Crippen LogP contribution < -0.4 is 5.32 Å². The van der Waals surface area contributed by atoms with E-state index in [0.29, 0.717) is 21.4 Å². The predicted octanol–water partition coefficient (Wildman–Crippen LogP) is 4.50. The molecule has 0 aliphatic rings. The van der Waals surface area contributed by atoms with Gasteiger partial charge in [-0.1, -0.05) is 65.4 Å². The highest BCUT2D eigenvalue weighted by atomic mass is 35.5. The Bertz CT molecular complexity index is 1040. The van der Waals surface area contributed by atoms with E-state index in [2.05, 4.69) is 25.7 Å². The lowest BCUT2D eigenvalue weighted by molar-refractivity contribution is 0.102. The zero-order valence-corrected chi connectivity index (χ0v) is 14.9. The highest BCUT2D eigenvalue weighted by molar-refractivity contribution is 7.18. The molecule has 0 saturated heterocycles. The molecular weight excluding hydrogens is 370 g/mol. The fourth-order valence-electron chi connectivity index (χ4n) is 2.43. The molecule has 2 N–H and O–H groups in total. The van der Waals surface area contributed by atoms with Crippen LogP contribution in [0.3, 0.4) is 0 Å². The van der Waals surface area contributed by atoms with Crippen LogP contribution in [0.4, 0.5) is 5.13 Å². The Kier molecular flexibility index (Phi) is 4.47. The molecule has 128 valence electrons. The first kappa shape index (κ1) is 16.4. The molecule has 26 heavy (non-hydrogen) atoms. The van der Waals surface area contributed by atoms with E-state index < -0.39 is 0 Å². The van der Waals surface area contributed by atoms with Gasteiger partial charge in [0.15, 0.2) is 0 Å². The van der Waals surface area contributed by atoms with E-state index in [1.54, 1.807) is 12.1 Å². The molecule has 0 bridgehead atoms. The summed E-state index contributed by atoms with van der Waals surface area (Å²) in [5.41, 5.74) is 2.81. The van der Waals surface area contributed by atoms with Gasteiger partial charge in [0.1, 0.15) is 5.01 Å². The van der Waals surface area contributed by atoms with Gasteiger partial charge >= 0.3 is 0 Å². The van der Waals surface area contributed by atoms with Crippen LogP contribution >= 0.6 is 22.9 Å². The van der Waals surface area contributed by atoms with Crippen LogP contribution in [0.5, 0.6) is 0 Å². The first-order chi connectivity index (χ1) is 12.7. The van der Waals surface area contributed by atoms with Crippen LogP contribution in [0.2, 0.25) is 5.02 Å². The Labute approximate surface area is 157 Å². The third kappa shape index (κ3) is 3.35. The van der Waals surface area contributed by atoms with E-state index >= 15 is 0 Å². The fraction of sp³-hybridized carbons (Fsp3) is 0. The standard InChI is InChI=1S/C18H12ClN5OS/c19-13-8-6-11(7-9-13)15-14(10-20-22-15)16(25)21-18-24-23-17(26-18)12-4-2-1-3-5-12/h1-10H,(H,20,22)(H,21,24,25). The predicted molar refractivity (Wildman–Crippen MR) is 102 cm³/mol. The third-order valence-corrected chi connectivity index (χ3v) is 4.82. The van der Waals surface area contributed by atoms with E-state index in [1.807, 2.05) is 42.5 Å². The Morgan fingerprint density at radius 3 is 2.54 bits per heavy atom. The van der Waals surface area contributed by atoms with Gasteiger partial charge in [0.2, 0.25) is 5.13 Å². The van der Waals surface area contributed by atoms with Crippen molar-refractivity contribution in [1.82, 2.24) is 20.4 Å². The molecule has 0 spiro atoms. The molecular formula is C18H12ClN5OS. The molecule has 0 unspecified atom stereocenters. The highest BCUT2D eigenvalue weighted by Gasteiger charge is 2.17. The molecule has 0 atom stereocenters. The molecule has 1 amide bonds. The van der Waals surface area contributed by atoms with Gasteiger partial charge in [0.25, 0.3) is 5.91 Å². The topological polar surface area (TPSA) is 83.6 Å². The minimum Gasteiger partial charge on any atom is -0.296 e. The number of halogens is 1.